The second kappa shape index (κ2) is 5.15. The minimum atomic E-state index is 0.503. The molecule has 0 aliphatic heterocycles. The molecule has 0 aliphatic carbocycles. The van der Waals surface area contributed by atoms with Gasteiger partial charge < -0.3 is 10.3 Å². The Bertz CT molecular complexity index is 483. The van der Waals surface area contributed by atoms with Crippen molar-refractivity contribution in [3.05, 3.63) is 53.1 Å². The van der Waals surface area contributed by atoms with Gasteiger partial charge in [-0.3, -0.25) is 0 Å². The van der Waals surface area contributed by atoms with E-state index in [1.807, 2.05) is 13.2 Å². The summed E-state index contributed by atoms with van der Waals surface area (Å²) in [6.45, 7) is 2.67. The van der Waals surface area contributed by atoms with E-state index in [0.29, 0.717) is 6.54 Å². The Balaban J connectivity index is 2.16. The molecule has 1 aromatic carbocycles. The molecule has 3 heteroatoms. The summed E-state index contributed by atoms with van der Waals surface area (Å²) in [5, 5.41) is 0. The third-order valence-electron chi connectivity index (χ3n) is 3.03. The number of nitrogens with zero attached hydrogens (tertiary/aromatic N) is 2. The number of rotatable bonds is 4. The van der Waals surface area contributed by atoms with Gasteiger partial charge in [0.05, 0.1) is 5.69 Å². The molecule has 0 bridgehead atoms. The van der Waals surface area contributed by atoms with Crippen LogP contribution in [0, 0.1) is 0 Å². The third kappa shape index (κ3) is 2.74. The van der Waals surface area contributed by atoms with Crippen LogP contribution >= 0.6 is 0 Å². The molecule has 2 rings (SSSR count). The van der Waals surface area contributed by atoms with Crippen molar-refractivity contribution in [2.24, 2.45) is 12.8 Å². The van der Waals surface area contributed by atoms with Gasteiger partial charge in [0.2, 0.25) is 0 Å². The maximum Gasteiger partial charge on any atom is 0.113 e. The van der Waals surface area contributed by atoms with Crippen LogP contribution in [0.4, 0.5) is 0 Å². The zero-order valence-electron chi connectivity index (χ0n) is 10.5. The standard InChI is InChI=1S/C14H19N3/c1-3-11-4-6-12(7-5-11)8-14-16-13(9-15)10-17(14)2/h4-7,10H,3,8-9,15H2,1-2H3. The van der Waals surface area contributed by atoms with E-state index in [0.717, 1.165) is 24.4 Å². The zero-order valence-corrected chi connectivity index (χ0v) is 10.5. The smallest absolute Gasteiger partial charge is 0.113 e. The largest absolute Gasteiger partial charge is 0.337 e. The monoisotopic (exact) mass is 229 g/mol. The molecular formula is C14H19N3. The molecule has 2 N–H and O–H groups in total. The number of benzene rings is 1. The van der Waals surface area contributed by atoms with Crippen LogP contribution < -0.4 is 5.73 Å². The predicted octanol–water partition coefficient (Wildman–Crippen LogP) is 2.03. The fourth-order valence-corrected chi connectivity index (χ4v) is 1.91. The number of nitrogens with two attached hydrogens (primary N) is 1. The van der Waals surface area contributed by atoms with Crippen LogP contribution in [0.15, 0.2) is 30.5 Å². The van der Waals surface area contributed by atoms with Gasteiger partial charge in [0, 0.05) is 26.2 Å². The molecule has 1 aromatic heterocycles. The Morgan fingerprint density at radius 3 is 2.35 bits per heavy atom. The van der Waals surface area contributed by atoms with Gasteiger partial charge in [-0.15, -0.1) is 0 Å². The molecule has 0 amide bonds. The summed E-state index contributed by atoms with van der Waals surface area (Å²) in [4.78, 5) is 4.50. The maximum absolute atomic E-state index is 5.59. The van der Waals surface area contributed by atoms with Gasteiger partial charge in [-0.25, -0.2) is 4.98 Å². The van der Waals surface area contributed by atoms with Gasteiger partial charge in [0.25, 0.3) is 0 Å². The van der Waals surface area contributed by atoms with E-state index >= 15 is 0 Å². The Hall–Kier alpha value is -1.61. The van der Waals surface area contributed by atoms with Gasteiger partial charge in [-0.1, -0.05) is 31.2 Å². The lowest BCUT2D eigenvalue weighted by Gasteiger charge is -2.03. The molecule has 0 saturated heterocycles. The lowest BCUT2D eigenvalue weighted by molar-refractivity contribution is 0.821. The number of imidazole rings is 1. The first-order valence-electron chi connectivity index (χ1n) is 6.02. The second-order valence-electron chi connectivity index (χ2n) is 4.31. The summed E-state index contributed by atoms with van der Waals surface area (Å²) in [6.07, 6.45) is 3.94. The average molecular weight is 229 g/mol. The average Bonchev–Trinajstić information content (AvgIpc) is 2.71. The van der Waals surface area contributed by atoms with Crippen molar-refractivity contribution in [3.8, 4) is 0 Å². The van der Waals surface area contributed by atoms with Gasteiger partial charge in [-0.2, -0.15) is 0 Å². The summed E-state index contributed by atoms with van der Waals surface area (Å²) in [7, 11) is 2.02. The molecule has 0 saturated carbocycles. The number of aryl methyl sites for hydroxylation is 2. The Kier molecular flexibility index (Phi) is 3.59. The highest BCUT2D eigenvalue weighted by atomic mass is 15.0. The zero-order chi connectivity index (χ0) is 12.3. The van der Waals surface area contributed by atoms with Crippen LogP contribution in [0.3, 0.4) is 0 Å². The van der Waals surface area contributed by atoms with Gasteiger partial charge in [0.15, 0.2) is 0 Å². The molecule has 17 heavy (non-hydrogen) atoms. The van der Waals surface area contributed by atoms with Crippen molar-refractivity contribution < 1.29 is 0 Å². The van der Waals surface area contributed by atoms with Gasteiger partial charge in [-0.05, 0) is 17.5 Å². The van der Waals surface area contributed by atoms with Crippen molar-refractivity contribution in [3.63, 3.8) is 0 Å². The molecule has 0 unspecified atom stereocenters. The normalized spacial score (nSPS) is 10.8. The molecule has 0 radical (unpaired) electrons. The molecule has 90 valence electrons. The van der Waals surface area contributed by atoms with E-state index in [9.17, 15) is 0 Å². The van der Waals surface area contributed by atoms with Crippen molar-refractivity contribution >= 4 is 0 Å². The number of hydrogen-bond acceptors (Lipinski definition) is 2. The highest BCUT2D eigenvalue weighted by Crippen LogP contribution is 2.11. The highest BCUT2D eigenvalue weighted by molar-refractivity contribution is 5.25. The van der Waals surface area contributed by atoms with E-state index in [1.165, 1.54) is 11.1 Å². The Morgan fingerprint density at radius 2 is 1.82 bits per heavy atom. The summed E-state index contributed by atoms with van der Waals surface area (Å²) in [6, 6.07) is 8.72. The number of aromatic nitrogens is 2. The molecule has 0 fully saturated rings. The highest BCUT2D eigenvalue weighted by Gasteiger charge is 2.05. The van der Waals surface area contributed by atoms with Gasteiger partial charge in [0.1, 0.15) is 5.82 Å². The molecule has 2 aromatic rings. The quantitative estimate of drug-likeness (QED) is 0.871. The topological polar surface area (TPSA) is 43.8 Å². The SMILES string of the molecule is CCc1ccc(Cc2nc(CN)cn2C)cc1. The van der Waals surface area contributed by atoms with E-state index in [1.54, 1.807) is 0 Å². The summed E-state index contributed by atoms with van der Waals surface area (Å²) in [5.74, 6) is 1.06. The molecular weight excluding hydrogens is 210 g/mol. The van der Waals surface area contributed by atoms with E-state index in [4.69, 9.17) is 5.73 Å². The van der Waals surface area contributed by atoms with Crippen LogP contribution in [0.2, 0.25) is 0 Å². The van der Waals surface area contributed by atoms with Crippen molar-refractivity contribution in [2.45, 2.75) is 26.3 Å². The minimum absolute atomic E-state index is 0.503. The maximum atomic E-state index is 5.59. The lowest BCUT2D eigenvalue weighted by atomic mass is 10.1. The summed E-state index contributed by atoms with van der Waals surface area (Å²) in [5.41, 5.74) is 9.20. The minimum Gasteiger partial charge on any atom is -0.337 e. The fraction of sp³-hybridized carbons (Fsp3) is 0.357. The molecule has 3 nitrogen and oxygen atoms in total. The van der Waals surface area contributed by atoms with E-state index in [2.05, 4.69) is 40.7 Å². The first-order chi connectivity index (χ1) is 8.22. The lowest BCUT2D eigenvalue weighted by Crippen LogP contribution is -1.99. The predicted molar refractivity (Wildman–Crippen MR) is 69.7 cm³/mol. The molecule has 0 aliphatic rings. The van der Waals surface area contributed by atoms with Crippen LogP contribution in [-0.4, -0.2) is 9.55 Å². The Labute approximate surface area is 102 Å². The molecule has 1 heterocycles. The second-order valence-corrected chi connectivity index (χ2v) is 4.31. The van der Waals surface area contributed by atoms with E-state index in [-0.39, 0.29) is 0 Å². The van der Waals surface area contributed by atoms with Crippen LogP contribution in [0.25, 0.3) is 0 Å². The molecule has 0 spiro atoms. The van der Waals surface area contributed by atoms with Crippen molar-refractivity contribution in [1.82, 2.24) is 9.55 Å². The van der Waals surface area contributed by atoms with Crippen LogP contribution in [-0.2, 0) is 26.4 Å². The number of hydrogen-bond donors (Lipinski definition) is 1. The Morgan fingerprint density at radius 1 is 1.18 bits per heavy atom. The van der Waals surface area contributed by atoms with E-state index < -0.39 is 0 Å². The van der Waals surface area contributed by atoms with Crippen molar-refractivity contribution in [2.75, 3.05) is 0 Å². The van der Waals surface area contributed by atoms with Crippen LogP contribution in [0.5, 0.6) is 0 Å². The molecule has 0 atom stereocenters. The fourth-order valence-electron chi connectivity index (χ4n) is 1.91. The third-order valence-corrected chi connectivity index (χ3v) is 3.03. The van der Waals surface area contributed by atoms with Crippen molar-refractivity contribution in [1.29, 1.82) is 0 Å². The first kappa shape index (κ1) is 11.9. The first-order valence-corrected chi connectivity index (χ1v) is 6.02. The van der Waals surface area contributed by atoms with Gasteiger partial charge >= 0.3 is 0 Å². The van der Waals surface area contributed by atoms with Crippen LogP contribution in [0.1, 0.15) is 29.6 Å². The summed E-state index contributed by atoms with van der Waals surface area (Å²) >= 11 is 0. The summed E-state index contributed by atoms with van der Waals surface area (Å²) < 4.78 is 2.05.